The van der Waals surface area contributed by atoms with Crippen LogP contribution in [-0.4, -0.2) is 16.5 Å². The molecule has 2 rings (SSSR count). The Bertz CT molecular complexity index is 240. The minimum absolute atomic E-state index is 0.705. The molecule has 60 valence electrons. The largest absolute Gasteiger partial charge is 0.375 e. The van der Waals surface area contributed by atoms with Crippen LogP contribution in [0.4, 0.5) is 5.13 Å². The summed E-state index contributed by atoms with van der Waals surface area (Å²) in [5, 5.41) is 0.705. The second-order valence-corrected chi connectivity index (χ2v) is 4.91. The second-order valence-electron chi connectivity index (χ2n) is 2.66. The predicted octanol–water partition coefficient (Wildman–Crippen LogP) is 1.95. The molecule has 1 aliphatic heterocycles. The molecule has 1 aliphatic rings. The van der Waals surface area contributed by atoms with Gasteiger partial charge < -0.3 is 5.73 Å². The van der Waals surface area contributed by atoms with Crippen LogP contribution in [0.2, 0.25) is 0 Å². The summed E-state index contributed by atoms with van der Waals surface area (Å²) in [6, 6.07) is 0. The van der Waals surface area contributed by atoms with Crippen molar-refractivity contribution < 1.29 is 0 Å². The van der Waals surface area contributed by atoms with Crippen molar-refractivity contribution in [3.63, 3.8) is 0 Å². The summed E-state index contributed by atoms with van der Waals surface area (Å²) in [6.45, 7) is 0. The lowest BCUT2D eigenvalue weighted by atomic mass is 10.1. The minimum Gasteiger partial charge on any atom is -0.375 e. The fourth-order valence-corrected chi connectivity index (χ4v) is 3.42. The summed E-state index contributed by atoms with van der Waals surface area (Å²) in [5.74, 6) is 3.28. The van der Waals surface area contributed by atoms with E-state index < -0.39 is 0 Å². The minimum atomic E-state index is 0.705. The molecule has 11 heavy (non-hydrogen) atoms. The molecular weight excluding hydrogens is 176 g/mol. The number of nitrogens with two attached hydrogens (primary N) is 1. The number of aromatic nitrogens is 1. The lowest BCUT2D eigenvalue weighted by molar-refractivity contribution is 0.796. The highest BCUT2D eigenvalue weighted by Gasteiger charge is 2.19. The van der Waals surface area contributed by atoms with Crippen molar-refractivity contribution in [2.45, 2.75) is 12.3 Å². The number of hydrogen-bond acceptors (Lipinski definition) is 4. The highest BCUT2D eigenvalue weighted by Crippen LogP contribution is 2.35. The van der Waals surface area contributed by atoms with E-state index in [9.17, 15) is 0 Å². The van der Waals surface area contributed by atoms with Crippen LogP contribution in [0, 0.1) is 0 Å². The summed E-state index contributed by atoms with van der Waals surface area (Å²) in [6.07, 6.45) is 3.23. The SMILES string of the molecule is Nc1ncc(C2CCSC2)s1. The van der Waals surface area contributed by atoms with Crippen molar-refractivity contribution in [2.24, 2.45) is 0 Å². The van der Waals surface area contributed by atoms with E-state index in [1.165, 1.54) is 22.8 Å². The molecule has 0 bridgehead atoms. The molecule has 2 heterocycles. The van der Waals surface area contributed by atoms with E-state index in [1.807, 2.05) is 18.0 Å². The smallest absolute Gasteiger partial charge is 0.180 e. The van der Waals surface area contributed by atoms with Gasteiger partial charge in [0.25, 0.3) is 0 Å². The fourth-order valence-electron chi connectivity index (χ4n) is 1.25. The van der Waals surface area contributed by atoms with Gasteiger partial charge >= 0.3 is 0 Å². The van der Waals surface area contributed by atoms with E-state index in [0.29, 0.717) is 5.13 Å². The maximum absolute atomic E-state index is 5.55. The first-order valence-corrected chi connectivity index (χ1v) is 5.62. The van der Waals surface area contributed by atoms with Gasteiger partial charge in [0.05, 0.1) is 0 Å². The first kappa shape index (κ1) is 7.43. The van der Waals surface area contributed by atoms with Crippen molar-refractivity contribution in [2.75, 3.05) is 17.2 Å². The molecule has 0 radical (unpaired) electrons. The van der Waals surface area contributed by atoms with Crippen molar-refractivity contribution in [3.05, 3.63) is 11.1 Å². The first-order valence-electron chi connectivity index (χ1n) is 3.65. The molecule has 2 N–H and O–H groups in total. The van der Waals surface area contributed by atoms with E-state index in [1.54, 1.807) is 11.3 Å². The number of thioether (sulfide) groups is 1. The van der Waals surface area contributed by atoms with Crippen molar-refractivity contribution >= 4 is 28.2 Å². The normalized spacial score (nSPS) is 24.2. The van der Waals surface area contributed by atoms with Gasteiger partial charge in [-0.25, -0.2) is 4.98 Å². The van der Waals surface area contributed by atoms with Gasteiger partial charge in [-0.2, -0.15) is 11.8 Å². The summed E-state index contributed by atoms with van der Waals surface area (Å²) in [5.41, 5.74) is 5.55. The van der Waals surface area contributed by atoms with Crippen molar-refractivity contribution in [3.8, 4) is 0 Å². The van der Waals surface area contributed by atoms with Gasteiger partial charge in [-0.15, -0.1) is 11.3 Å². The molecule has 1 aromatic rings. The second kappa shape index (κ2) is 3.03. The van der Waals surface area contributed by atoms with E-state index in [2.05, 4.69) is 4.98 Å². The Hall–Kier alpha value is -0.220. The third-order valence-electron chi connectivity index (χ3n) is 1.87. The molecule has 0 amide bonds. The Morgan fingerprint density at radius 1 is 1.64 bits per heavy atom. The van der Waals surface area contributed by atoms with Gasteiger partial charge in [-0.1, -0.05) is 0 Å². The number of rotatable bonds is 1. The summed E-state index contributed by atoms with van der Waals surface area (Å²) < 4.78 is 0. The number of anilines is 1. The molecule has 1 saturated heterocycles. The monoisotopic (exact) mass is 186 g/mol. The fraction of sp³-hybridized carbons (Fsp3) is 0.571. The standard InChI is InChI=1S/C7H10N2S2/c8-7-9-3-6(11-7)5-1-2-10-4-5/h3,5H,1-2,4H2,(H2,8,9). The Balaban J connectivity index is 2.15. The quantitative estimate of drug-likeness (QED) is 0.728. The van der Waals surface area contributed by atoms with Crippen LogP contribution >= 0.6 is 23.1 Å². The molecule has 0 spiro atoms. The molecule has 1 unspecified atom stereocenters. The summed E-state index contributed by atoms with van der Waals surface area (Å²) in [7, 11) is 0. The Labute approximate surface area is 74.2 Å². The molecule has 1 aromatic heterocycles. The molecule has 4 heteroatoms. The van der Waals surface area contributed by atoms with Crippen molar-refractivity contribution in [1.29, 1.82) is 0 Å². The molecule has 0 aromatic carbocycles. The third kappa shape index (κ3) is 1.51. The van der Waals surface area contributed by atoms with Crippen LogP contribution in [0.1, 0.15) is 17.2 Å². The average molecular weight is 186 g/mol. The third-order valence-corrected chi connectivity index (χ3v) is 4.02. The first-order chi connectivity index (χ1) is 5.36. The number of hydrogen-bond donors (Lipinski definition) is 1. The van der Waals surface area contributed by atoms with Crippen molar-refractivity contribution in [1.82, 2.24) is 4.98 Å². The predicted molar refractivity (Wildman–Crippen MR) is 51.2 cm³/mol. The number of nitrogens with zero attached hydrogens (tertiary/aromatic N) is 1. The van der Waals surface area contributed by atoms with E-state index in [4.69, 9.17) is 5.73 Å². The Morgan fingerprint density at radius 2 is 2.55 bits per heavy atom. The molecular formula is C7H10N2S2. The zero-order valence-corrected chi connectivity index (χ0v) is 7.75. The summed E-state index contributed by atoms with van der Waals surface area (Å²) >= 11 is 3.66. The zero-order chi connectivity index (χ0) is 7.68. The van der Waals surface area contributed by atoms with Crippen LogP contribution < -0.4 is 5.73 Å². The molecule has 0 saturated carbocycles. The van der Waals surface area contributed by atoms with Crippen LogP contribution in [0.5, 0.6) is 0 Å². The zero-order valence-electron chi connectivity index (χ0n) is 6.12. The summed E-state index contributed by atoms with van der Waals surface area (Å²) in [4.78, 5) is 5.42. The topological polar surface area (TPSA) is 38.9 Å². The number of thiazole rings is 1. The number of nitrogen functional groups attached to an aromatic ring is 1. The molecule has 2 nitrogen and oxygen atoms in total. The van der Waals surface area contributed by atoms with Gasteiger partial charge in [0.15, 0.2) is 5.13 Å². The van der Waals surface area contributed by atoms with Crippen LogP contribution in [-0.2, 0) is 0 Å². The Morgan fingerprint density at radius 3 is 3.09 bits per heavy atom. The molecule has 1 fully saturated rings. The maximum atomic E-state index is 5.55. The highest BCUT2D eigenvalue weighted by molar-refractivity contribution is 7.99. The van der Waals surface area contributed by atoms with Gasteiger partial charge in [0.1, 0.15) is 0 Å². The van der Waals surface area contributed by atoms with Gasteiger partial charge in [0, 0.05) is 22.7 Å². The van der Waals surface area contributed by atoms with Crippen LogP contribution in [0.25, 0.3) is 0 Å². The van der Waals surface area contributed by atoms with E-state index in [-0.39, 0.29) is 0 Å². The highest BCUT2D eigenvalue weighted by atomic mass is 32.2. The van der Waals surface area contributed by atoms with Gasteiger partial charge in [0.2, 0.25) is 0 Å². The lowest BCUT2D eigenvalue weighted by Crippen LogP contribution is -1.91. The van der Waals surface area contributed by atoms with E-state index in [0.717, 1.165) is 5.92 Å². The maximum Gasteiger partial charge on any atom is 0.180 e. The molecule has 1 atom stereocenters. The molecule has 0 aliphatic carbocycles. The lowest BCUT2D eigenvalue weighted by Gasteiger charge is -2.01. The van der Waals surface area contributed by atoms with Crippen LogP contribution in [0.3, 0.4) is 0 Å². The van der Waals surface area contributed by atoms with E-state index >= 15 is 0 Å². The average Bonchev–Trinajstić information content (AvgIpc) is 2.55. The Kier molecular flexibility index (Phi) is 2.05. The van der Waals surface area contributed by atoms with Crippen LogP contribution in [0.15, 0.2) is 6.20 Å². The van der Waals surface area contributed by atoms with Gasteiger partial charge in [-0.05, 0) is 12.2 Å². The van der Waals surface area contributed by atoms with Gasteiger partial charge in [-0.3, -0.25) is 0 Å².